The Morgan fingerprint density at radius 1 is 1.23 bits per heavy atom. The van der Waals surface area contributed by atoms with Crippen LogP contribution in [0, 0.1) is 11.3 Å². The van der Waals surface area contributed by atoms with Gasteiger partial charge in [-0.05, 0) is 55.3 Å². The number of carbonyl (C=O) groups excluding carboxylic acids is 1. The van der Waals surface area contributed by atoms with E-state index in [0.717, 1.165) is 24.6 Å². The summed E-state index contributed by atoms with van der Waals surface area (Å²) in [6.45, 7) is 4.49. The highest BCUT2D eigenvalue weighted by Crippen LogP contribution is 2.37. The maximum Gasteiger partial charge on any atom is 0.416 e. The summed E-state index contributed by atoms with van der Waals surface area (Å²) in [6.07, 6.45) is -2.53. The second-order valence-electron chi connectivity index (χ2n) is 6.31. The van der Waals surface area contributed by atoms with E-state index in [0.29, 0.717) is 30.3 Å². The molecule has 0 unspecified atom stereocenters. The first-order valence-corrected chi connectivity index (χ1v) is 9.76. The Kier molecular flexibility index (Phi) is 8.34. The maximum atomic E-state index is 12.9. The van der Waals surface area contributed by atoms with Gasteiger partial charge in [-0.2, -0.15) is 18.4 Å². The predicted molar refractivity (Wildman–Crippen MR) is 112 cm³/mol. The number of ether oxygens (including phenoxy) is 2. The van der Waals surface area contributed by atoms with E-state index in [9.17, 15) is 23.2 Å². The van der Waals surface area contributed by atoms with Gasteiger partial charge in [0.25, 0.3) is 5.91 Å². The van der Waals surface area contributed by atoms with Crippen molar-refractivity contribution in [3.05, 3.63) is 58.1 Å². The summed E-state index contributed by atoms with van der Waals surface area (Å²) in [7, 11) is 0. The van der Waals surface area contributed by atoms with E-state index in [-0.39, 0.29) is 16.3 Å². The molecule has 31 heavy (non-hydrogen) atoms. The SMILES string of the molecule is CCCOc1c(Cl)cc(/C=C(\C#N)C(=O)Nc2cccc(C(F)(F)F)c2)cc1OCC. The lowest BCUT2D eigenvalue weighted by molar-refractivity contribution is -0.137. The molecule has 0 heterocycles. The molecule has 1 N–H and O–H groups in total. The molecule has 2 aromatic carbocycles. The highest BCUT2D eigenvalue weighted by atomic mass is 35.5. The van der Waals surface area contributed by atoms with E-state index in [1.54, 1.807) is 19.1 Å². The van der Waals surface area contributed by atoms with Crippen LogP contribution in [-0.4, -0.2) is 19.1 Å². The summed E-state index contributed by atoms with van der Waals surface area (Å²) < 4.78 is 49.7. The Hall–Kier alpha value is -3.18. The van der Waals surface area contributed by atoms with Crippen molar-refractivity contribution >= 4 is 29.3 Å². The van der Waals surface area contributed by atoms with Crippen LogP contribution in [0.15, 0.2) is 42.0 Å². The molecule has 0 saturated heterocycles. The van der Waals surface area contributed by atoms with Crippen molar-refractivity contribution in [1.29, 1.82) is 5.26 Å². The molecular formula is C22H20ClF3N2O3. The molecule has 5 nitrogen and oxygen atoms in total. The van der Waals surface area contributed by atoms with Crippen LogP contribution in [0.1, 0.15) is 31.4 Å². The van der Waals surface area contributed by atoms with Crippen LogP contribution in [-0.2, 0) is 11.0 Å². The molecule has 2 rings (SSSR count). The number of benzene rings is 2. The van der Waals surface area contributed by atoms with Crippen LogP contribution < -0.4 is 14.8 Å². The second kappa shape index (κ2) is 10.7. The van der Waals surface area contributed by atoms with Gasteiger partial charge in [-0.15, -0.1) is 0 Å². The third-order valence-electron chi connectivity index (χ3n) is 3.91. The molecule has 0 aliphatic rings. The van der Waals surface area contributed by atoms with Crippen LogP contribution in [0.3, 0.4) is 0 Å². The van der Waals surface area contributed by atoms with Crippen LogP contribution in [0.2, 0.25) is 5.02 Å². The van der Waals surface area contributed by atoms with Gasteiger partial charge in [0.05, 0.1) is 23.8 Å². The van der Waals surface area contributed by atoms with Gasteiger partial charge in [-0.3, -0.25) is 4.79 Å². The van der Waals surface area contributed by atoms with E-state index >= 15 is 0 Å². The number of nitrogens with zero attached hydrogens (tertiary/aromatic N) is 1. The normalized spacial score (nSPS) is 11.6. The molecule has 2 aromatic rings. The van der Waals surface area contributed by atoms with E-state index in [1.165, 1.54) is 18.2 Å². The summed E-state index contributed by atoms with van der Waals surface area (Å²) in [5, 5.41) is 11.9. The number of nitrogens with one attached hydrogen (secondary N) is 1. The number of rotatable bonds is 8. The molecule has 0 aliphatic carbocycles. The molecule has 0 radical (unpaired) electrons. The van der Waals surface area contributed by atoms with Gasteiger partial charge in [-0.1, -0.05) is 24.6 Å². The lowest BCUT2D eigenvalue weighted by Gasteiger charge is -2.14. The largest absolute Gasteiger partial charge is 0.490 e. The fourth-order valence-electron chi connectivity index (χ4n) is 2.57. The van der Waals surface area contributed by atoms with Gasteiger partial charge in [0.2, 0.25) is 0 Å². The number of amides is 1. The molecule has 0 aromatic heterocycles. The van der Waals surface area contributed by atoms with Crippen molar-refractivity contribution in [1.82, 2.24) is 0 Å². The summed E-state index contributed by atoms with van der Waals surface area (Å²) in [6, 6.07) is 8.95. The van der Waals surface area contributed by atoms with Gasteiger partial charge in [0, 0.05) is 5.69 Å². The molecule has 0 atom stereocenters. The van der Waals surface area contributed by atoms with Crippen LogP contribution in [0.5, 0.6) is 11.5 Å². The Morgan fingerprint density at radius 3 is 2.58 bits per heavy atom. The quantitative estimate of drug-likeness (QED) is 0.388. The number of carbonyl (C=O) groups is 1. The fraction of sp³-hybridized carbons (Fsp3) is 0.273. The van der Waals surface area contributed by atoms with E-state index in [4.69, 9.17) is 21.1 Å². The second-order valence-corrected chi connectivity index (χ2v) is 6.72. The van der Waals surface area contributed by atoms with E-state index in [2.05, 4.69) is 5.32 Å². The van der Waals surface area contributed by atoms with Crippen molar-refractivity contribution in [2.45, 2.75) is 26.4 Å². The molecule has 1 amide bonds. The van der Waals surface area contributed by atoms with E-state index in [1.807, 2.05) is 6.92 Å². The number of halogens is 4. The minimum Gasteiger partial charge on any atom is -0.490 e. The maximum absolute atomic E-state index is 12.9. The third-order valence-corrected chi connectivity index (χ3v) is 4.19. The average Bonchev–Trinajstić information content (AvgIpc) is 2.71. The molecule has 9 heteroatoms. The zero-order valence-electron chi connectivity index (χ0n) is 16.8. The van der Waals surface area contributed by atoms with Crippen molar-refractivity contribution in [2.24, 2.45) is 0 Å². The minimum atomic E-state index is -4.55. The van der Waals surface area contributed by atoms with Gasteiger partial charge in [0.15, 0.2) is 11.5 Å². The summed E-state index contributed by atoms with van der Waals surface area (Å²) >= 11 is 6.28. The fourth-order valence-corrected chi connectivity index (χ4v) is 2.84. The van der Waals surface area contributed by atoms with E-state index < -0.39 is 17.6 Å². The number of nitriles is 1. The van der Waals surface area contributed by atoms with Crippen LogP contribution in [0.4, 0.5) is 18.9 Å². The first-order valence-electron chi connectivity index (χ1n) is 9.39. The first-order chi connectivity index (χ1) is 14.7. The van der Waals surface area contributed by atoms with Gasteiger partial charge in [-0.25, -0.2) is 0 Å². The Balaban J connectivity index is 2.32. The van der Waals surface area contributed by atoms with Crippen molar-refractivity contribution in [2.75, 3.05) is 18.5 Å². The number of anilines is 1. The smallest absolute Gasteiger partial charge is 0.416 e. The van der Waals surface area contributed by atoms with Crippen molar-refractivity contribution in [3.63, 3.8) is 0 Å². The standard InChI is InChI=1S/C22H20ClF3N2O3/c1-3-8-31-20-18(23)10-14(11-19(20)30-4-2)9-15(13-27)21(29)28-17-7-5-6-16(12-17)22(24,25)26/h5-7,9-12H,3-4,8H2,1-2H3,(H,28,29)/b15-9+. The monoisotopic (exact) mass is 452 g/mol. The predicted octanol–water partition coefficient (Wildman–Crippen LogP) is 6.09. The molecule has 164 valence electrons. The molecule has 0 fully saturated rings. The van der Waals surface area contributed by atoms with Crippen molar-refractivity contribution in [3.8, 4) is 17.6 Å². The van der Waals surface area contributed by atoms with Gasteiger partial charge >= 0.3 is 6.18 Å². The Morgan fingerprint density at radius 2 is 1.97 bits per heavy atom. The van der Waals surface area contributed by atoms with Gasteiger partial charge in [0.1, 0.15) is 11.6 Å². The summed E-state index contributed by atoms with van der Waals surface area (Å²) in [5.74, 6) is -0.151. The topological polar surface area (TPSA) is 71.3 Å². The number of hydrogen-bond donors (Lipinski definition) is 1. The molecule has 0 bridgehead atoms. The zero-order valence-corrected chi connectivity index (χ0v) is 17.6. The average molecular weight is 453 g/mol. The third kappa shape index (κ3) is 6.66. The lowest BCUT2D eigenvalue weighted by atomic mass is 10.1. The lowest BCUT2D eigenvalue weighted by Crippen LogP contribution is -2.14. The summed E-state index contributed by atoms with van der Waals surface area (Å²) in [4.78, 5) is 12.4. The highest BCUT2D eigenvalue weighted by Gasteiger charge is 2.30. The van der Waals surface area contributed by atoms with Crippen LogP contribution >= 0.6 is 11.6 Å². The Labute approximate surface area is 183 Å². The molecule has 0 aliphatic heterocycles. The van der Waals surface area contributed by atoms with Gasteiger partial charge < -0.3 is 14.8 Å². The number of alkyl halides is 3. The number of hydrogen-bond acceptors (Lipinski definition) is 4. The summed E-state index contributed by atoms with van der Waals surface area (Å²) in [5.41, 5.74) is -0.924. The highest BCUT2D eigenvalue weighted by molar-refractivity contribution is 6.32. The minimum absolute atomic E-state index is 0.0858. The van der Waals surface area contributed by atoms with Crippen LogP contribution in [0.25, 0.3) is 6.08 Å². The molecular weight excluding hydrogens is 433 g/mol. The first kappa shape index (κ1) is 24.1. The zero-order chi connectivity index (χ0) is 23.0. The van der Waals surface area contributed by atoms with Crippen molar-refractivity contribution < 1.29 is 27.4 Å². The Bertz CT molecular complexity index is 1010. The molecule has 0 saturated carbocycles. The molecule has 0 spiro atoms.